The fraction of sp³-hybridized carbons (Fsp3) is 0.429. The summed E-state index contributed by atoms with van der Waals surface area (Å²) in [5.41, 5.74) is 8.83. The van der Waals surface area contributed by atoms with Gasteiger partial charge in [0, 0.05) is 67.4 Å². The first-order valence-electron chi connectivity index (χ1n) is 18.2. The van der Waals surface area contributed by atoms with Gasteiger partial charge in [0.1, 0.15) is 11.5 Å². The van der Waals surface area contributed by atoms with E-state index in [2.05, 4.69) is 83.4 Å². The van der Waals surface area contributed by atoms with Crippen LogP contribution in [0.2, 0.25) is 0 Å². The van der Waals surface area contributed by atoms with Crippen LogP contribution in [0.25, 0.3) is 0 Å². The highest BCUT2D eigenvalue weighted by Crippen LogP contribution is 2.53. The van der Waals surface area contributed by atoms with E-state index in [1.54, 1.807) is 21.3 Å². The van der Waals surface area contributed by atoms with Crippen LogP contribution in [0.3, 0.4) is 0 Å². The molecule has 2 atom stereocenters. The minimum Gasteiger partial charge on any atom is -0.493 e. The summed E-state index contributed by atoms with van der Waals surface area (Å²) in [6, 6.07) is 21.7. The molecule has 8 nitrogen and oxygen atoms in total. The Morgan fingerprint density at radius 2 is 1.41 bits per heavy atom. The van der Waals surface area contributed by atoms with Gasteiger partial charge in [-0.2, -0.15) is 11.8 Å². The highest BCUT2D eigenvalue weighted by atomic mass is 32.2. The standard InChI is InChI=1S/C42H49N3O5S/c1-43-16-14-29-9-12-31-25-33(29)35(43)22-27-6-10-30(11-7-27)49-38-24-28(8-13-37(38)46-3)23-36-39-32(15-17-44(36)2)34(26-45-18-20-51-21-19-45)40(47-4)42(48-5)41(39)50-31/h6-13,24-25,35-36H,14-23,26H2,1-5H3/t35-,36-/m0/s1. The van der Waals surface area contributed by atoms with Crippen molar-refractivity contribution < 1.29 is 23.7 Å². The Morgan fingerprint density at radius 3 is 2.18 bits per heavy atom. The molecule has 1 saturated heterocycles. The first-order chi connectivity index (χ1) is 24.9. The number of thioether (sulfide) groups is 1. The molecule has 0 unspecified atom stereocenters. The molecule has 9 heteroatoms. The molecule has 51 heavy (non-hydrogen) atoms. The lowest BCUT2D eigenvalue weighted by molar-refractivity contribution is 0.217. The van der Waals surface area contributed by atoms with Gasteiger partial charge < -0.3 is 23.7 Å². The minimum atomic E-state index is 0.0233. The summed E-state index contributed by atoms with van der Waals surface area (Å²) < 4.78 is 32.1. The van der Waals surface area contributed by atoms with Crippen LogP contribution >= 0.6 is 11.8 Å². The Kier molecular flexibility index (Phi) is 9.81. The Morgan fingerprint density at radius 1 is 0.706 bits per heavy atom. The Labute approximate surface area is 306 Å². The number of likely N-dealkylation sites (N-methyl/N-ethyl adjacent to an activating group) is 2. The van der Waals surface area contributed by atoms with Crippen molar-refractivity contribution in [3.63, 3.8) is 0 Å². The number of nitrogens with zero attached hydrogens (tertiary/aromatic N) is 3. The topological polar surface area (TPSA) is 55.9 Å². The number of rotatable bonds is 5. The molecule has 5 aliphatic rings. The largest absolute Gasteiger partial charge is 0.493 e. The van der Waals surface area contributed by atoms with Gasteiger partial charge in [0.15, 0.2) is 23.0 Å². The highest BCUT2D eigenvalue weighted by Gasteiger charge is 2.37. The zero-order chi connectivity index (χ0) is 35.1. The molecule has 4 aromatic rings. The number of benzene rings is 4. The normalized spacial score (nSPS) is 20.7. The molecule has 0 aliphatic carbocycles. The molecule has 1 fully saturated rings. The second-order valence-corrected chi connectivity index (χ2v) is 15.5. The molecule has 0 amide bonds. The lowest BCUT2D eigenvalue weighted by atomic mass is 9.84. The van der Waals surface area contributed by atoms with Crippen LogP contribution in [0.4, 0.5) is 0 Å². The van der Waals surface area contributed by atoms with Gasteiger partial charge >= 0.3 is 0 Å². The smallest absolute Gasteiger partial charge is 0.204 e. The van der Waals surface area contributed by atoms with Crippen LogP contribution in [0.15, 0.2) is 60.7 Å². The summed E-state index contributed by atoms with van der Waals surface area (Å²) in [5.74, 6) is 7.53. The lowest BCUT2D eigenvalue weighted by Crippen LogP contribution is -2.36. The predicted molar refractivity (Wildman–Crippen MR) is 204 cm³/mol. The fourth-order valence-electron chi connectivity index (χ4n) is 8.46. The van der Waals surface area contributed by atoms with E-state index in [0.29, 0.717) is 17.2 Å². The quantitative estimate of drug-likeness (QED) is 0.208. The lowest BCUT2D eigenvalue weighted by Gasteiger charge is -2.39. The van der Waals surface area contributed by atoms with Gasteiger partial charge in [-0.3, -0.25) is 14.7 Å². The van der Waals surface area contributed by atoms with Crippen LogP contribution < -0.4 is 23.7 Å². The fourth-order valence-corrected chi connectivity index (χ4v) is 9.43. The number of fused-ring (bicyclic) bond motifs is 2. The van der Waals surface area contributed by atoms with Crippen molar-refractivity contribution in [3.8, 4) is 40.2 Å². The predicted octanol–water partition coefficient (Wildman–Crippen LogP) is 7.70. The first-order valence-corrected chi connectivity index (χ1v) is 19.3. The second-order valence-electron chi connectivity index (χ2n) is 14.2. The summed E-state index contributed by atoms with van der Waals surface area (Å²) in [5, 5.41) is 0. The van der Waals surface area contributed by atoms with Crippen molar-refractivity contribution in [3.05, 3.63) is 99.6 Å². The molecule has 268 valence electrons. The summed E-state index contributed by atoms with van der Waals surface area (Å²) in [7, 11) is 9.67. The molecular weight excluding hydrogens is 659 g/mol. The molecule has 6 bridgehead atoms. The van der Waals surface area contributed by atoms with E-state index in [9.17, 15) is 0 Å². The van der Waals surface area contributed by atoms with E-state index >= 15 is 0 Å². The summed E-state index contributed by atoms with van der Waals surface area (Å²) in [6.07, 6.45) is 3.55. The van der Waals surface area contributed by atoms with Crippen LogP contribution in [0.1, 0.15) is 51.0 Å². The first kappa shape index (κ1) is 34.2. The second kappa shape index (κ2) is 14.6. The van der Waals surface area contributed by atoms with Crippen molar-refractivity contribution >= 4 is 11.8 Å². The van der Waals surface area contributed by atoms with Crippen LogP contribution in [0, 0.1) is 0 Å². The molecule has 0 saturated carbocycles. The van der Waals surface area contributed by atoms with Gasteiger partial charge in [-0.1, -0.05) is 24.3 Å². The molecule has 5 heterocycles. The van der Waals surface area contributed by atoms with E-state index in [0.717, 1.165) is 98.5 Å². The highest BCUT2D eigenvalue weighted by molar-refractivity contribution is 7.99. The van der Waals surface area contributed by atoms with Gasteiger partial charge in [-0.15, -0.1) is 0 Å². The molecule has 0 radical (unpaired) electrons. The average Bonchev–Trinajstić information content (AvgIpc) is 3.15. The maximum Gasteiger partial charge on any atom is 0.204 e. The third-order valence-corrected chi connectivity index (χ3v) is 12.2. The van der Waals surface area contributed by atoms with E-state index in [1.165, 1.54) is 33.4 Å². The van der Waals surface area contributed by atoms with Crippen molar-refractivity contribution in [2.45, 2.75) is 44.3 Å². The third-order valence-electron chi connectivity index (χ3n) is 11.3. The van der Waals surface area contributed by atoms with Crippen molar-refractivity contribution in [2.24, 2.45) is 0 Å². The maximum atomic E-state index is 7.16. The Bertz CT molecular complexity index is 1890. The van der Waals surface area contributed by atoms with Crippen molar-refractivity contribution in [1.29, 1.82) is 0 Å². The number of ether oxygens (including phenoxy) is 5. The van der Waals surface area contributed by atoms with Gasteiger partial charge in [0.2, 0.25) is 5.75 Å². The van der Waals surface area contributed by atoms with Crippen molar-refractivity contribution in [2.75, 3.05) is 73.1 Å². The van der Waals surface area contributed by atoms with Crippen LogP contribution in [-0.2, 0) is 32.2 Å². The van der Waals surface area contributed by atoms with E-state index in [1.807, 2.05) is 17.8 Å². The van der Waals surface area contributed by atoms with E-state index < -0.39 is 0 Å². The SMILES string of the molecule is COc1ccc2cc1Oc1ccc(cc1)C[C@H]1c3cc(ccc3CCN1C)Oc1c(OC)c(OC)c(CN3CCSCC3)c3c1[C@H](C2)N(C)CC3. The number of hydrogen-bond acceptors (Lipinski definition) is 9. The summed E-state index contributed by atoms with van der Waals surface area (Å²) in [4.78, 5) is 7.49. The number of methoxy groups -OCH3 is 3. The Hall–Kier alpha value is -3.89. The minimum absolute atomic E-state index is 0.0233. The zero-order valence-corrected chi connectivity index (χ0v) is 31.3. The molecule has 0 aromatic heterocycles. The summed E-state index contributed by atoms with van der Waals surface area (Å²) >= 11 is 2.03. The number of hydrogen-bond donors (Lipinski definition) is 0. The summed E-state index contributed by atoms with van der Waals surface area (Å²) in [6.45, 7) is 4.89. The van der Waals surface area contributed by atoms with E-state index in [4.69, 9.17) is 23.7 Å². The zero-order valence-electron chi connectivity index (χ0n) is 30.5. The van der Waals surface area contributed by atoms with Gasteiger partial charge in [0.25, 0.3) is 0 Å². The van der Waals surface area contributed by atoms with Gasteiger partial charge in [-0.05, 0) is 104 Å². The molecule has 0 spiro atoms. The van der Waals surface area contributed by atoms with Gasteiger partial charge in [-0.25, -0.2) is 0 Å². The van der Waals surface area contributed by atoms with E-state index in [-0.39, 0.29) is 12.1 Å². The van der Waals surface area contributed by atoms with Crippen LogP contribution in [0.5, 0.6) is 40.2 Å². The maximum absolute atomic E-state index is 7.16. The molecule has 5 aliphatic heterocycles. The molecule has 4 aromatic carbocycles. The molecule has 0 N–H and O–H groups in total. The van der Waals surface area contributed by atoms with Crippen molar-refractivity contribution in [1.82, 2.24) is 14.7 Å². The van der Waals surface area contributed by atoms with Crippen LogP contribution in [-0.4, -0.2) is 87.8 Å². The average molecular weight is 708 g/mol. The molecule has 9 rings (SSSR count). The third kappa shape index (κ3) is 6.65. The van der Waals surface area contributed by atoms with Gasteiger partial charge in [0.05, 0.1) is 21.3 Å². The molecular formula is C42H49N3O5S. The monoisotopic (exact) mass is 707 g/mol. The Balaban J connectivity index is 1.34.